The van der Waals surface area contributed by atoms with Gasteiger partial charge in [0.15, 0.2) is 0 Å². The molecule has 13 heavy (non-hydrogen) atoms. The van der Waals surface area contributed by atoms with Gasteiger partial charge in [0.05, 0.1) is 0 Å². The summed E-state index contributed by atoms with van der Waals surface area (Å²) in [6.45, 7) is 8.22. The largest absolute Gasteiger partial charge is 0.329 e. The molecule has 0 amide bonds. The van der Waals surface area contributed by atoms with Crippen molar-refractivity contribution in [3.8, 4) is 0 Å². The molecule has 2 N–H and O–H groups in total. The van der Waals surface area contributed by atoms with Gasteiger partial charge < -0.3 is 10.6 Å². The second kappa shape index (κ2) is 4.40. The predicted molar refractivity (Wildman–Crippen MR) is 54.7 cm³/mol. The quantitative estimate of drug-likeness (QED) is 0.664. The lowest BCUT2D eigenvalue weighted by atomic mass is 10.3. The first kappa shape index (κ1) is 9.44. The van der Waals surface area contributed by atoms with Crippen LogP contribution in [0.25, 0.3) is 0 Å². The van der Waals surface area contributed by atoms with E-state index in [0.717, 1.165) is 19.0 Å². The summed E-state index contributed by atoms with van der Waals surface area (Å²) in [6.07, 6.45) is 2.95. The third-order valence-corrected chi connectivity index (χ3v) is 3.12. The first-order chi connectivity index (χ1) is 6.38. The second-order valence-electron chi connectivity index (χ2n) is 4.37. The van der Waals surface area contributed by atoms with Crippen molar-refractivity contribution in [2.24, 2.45) is 11.7 Å². The van der Waals surface area contributed by atoms with Crippen molar-refractivity contribution in [2.45, 2.75) is 12.8 Å². The molecule has 0 aromatic rings. The first-order valence-electron chi connectivity index (χ1n) is 5.53. The van der Waals surface area contributed by atoms with Gasteiger partial charge in [-0.2, -0.15) is 0 Å². The van der Waals surface area contributed by atoms with E-state index in [1.807, 2.05) is 0 Å². The van der Waals surface area contributed by atoms with E-state index in [1.165, 1.54) is 45.6 Å². The molecule has 2 fully saturated rings. The predicted octanol–water partition coefficient (Wildman–Crippen LogP) is -0.0273. The topological polar surface area (TPSA) is 32.5 Å². The third kappa shape index (κ3) is 2.93. The van der Waals surface area contributed by atoms with Crippen molar-refractivity contribution in [1.29, 1.82) is 0 Å². The molecule has 0 aromatic carbocycles. The first-order valence-corrected chi connectivity index (χ1v) is 5.53. The molecule has 0 bridgehead atoms. The van der Waals surface area contributed by atoms with E-state index in [0.29, 0.717) is 0 Å². The van der Waals surface area contributed by atoms with Crippen LogP contribution in [0.2, 0.25) is 0 Å². The number of hydrogen-bond donors (Lipinski definition) is 1. The molecular formula is C10H21N3. The molecule has 0 atom stereocenters. The second-order valence-corrected chi connectivity index (χ2v) is 4.37. The van der Waals surface area contributed by atoms with Crippen LogP contribution in [-0.2, 0) is 0 Å². The summed E-state index contributed by atoms with van der Waals surface area (Å²) in [4.78, 5) is 5.09. The smallest absolute Gasteiger partial charge is 0.0110 e. The van der Waals surface area contributed by atoms with Gasteiger partial charge in [0.1, 0.15) is 0 Å². The number of piperazine rings is 1. The molecule has 3 heteroatoms. The van der Waals surface area contributed by atoms with Crippen LogP contribution in [0.15, 0.2) is 0 Å². The normalized spacial score (nSPS) is 26.5. The van der Waals surface area contributed by atoms with Gasteiger partial charge in [-0.1, -0.05) is 0 Å². The molecular weight excluding hydrogens is 162 g/mol. The van der Waals surface area contributed by atoms with Crippen molar-refractivity contribution in [1.82, 2.24) is 9.80 Å². The number of nitrogens with two attached hydrogens (primary N) is 1. The highest BCUT2D eigenvalue weighted by atomic mass is 15.3. The van der Waals surface area contributed by atoms with Crippen LogP contribution in [0.4, 0.5) is 0 Å². The van der Waals surface area contributed by atoms with Crippen LogP contribution < -0.4 is 5.73 Å². The molecule has 2 aliphatic rings. The Kier molecular flexibility index (Phi) is 3.19. The van der Waals surface area contributed by atoms with E-state index < -0.39 is 0 Å². The molecule has 0 aromatic heterocycles. The summed E-state index contributed by atoms with van der Waals surface area (Å²) >= 11 is 0. The van der Waals surface area contributed by atoms with E-state index in [2.05, 4.69) is 9.80 Å². The minimum atomic E-state index is 0.808. The zero-order valence-corrected chi connectivity index (χ0v) is 8.41. The van der Waals surface area contributed by atoms with Gasteiger partial charge in [-0.3, -0.25) is 4.90 Å². The Morgan fingerprint density at radius 2 is 1.62 bits per heavy atom. The Hall–Kier alpha value is -0.120. The molecule has 0 unspecified atom stereocenters. The zero-order chi connectivity index (χ0) is 9.10. The highest BCUT2D eigenvalue weighted by molar-refractivity contribution is 4.80. The van der Waals surface area contributed by atoms with E-state index >= 15 is 0 Å². The molecule has 1 saturated heterocycles. The molecule has 1 aliphatic carbocycles. The van der Waals surface area contributed by atoms with Crippen molar-refractivity contribution in [2.75, 3.05) is 45.8 Å². The van der Waals surface area contributed by atoms with E-state index in [1.54, 1.807) is 0 Å². The standard InChI is InChI=1S/C10H21N3/c11-3-4-12-5-7-13(8-6-12)9-10-1-2-10/h10H,1-9,11H2. The Bertz CT molecular complexity index is 148. The lowest BCUT2D eigenvalue weighted by molar-refractivity contribution is 0.131. The molecule has 0 radical (unpaired) electrons. The van der Waals surface area contributed by atoms with Gasteiger partial charge in [0, 0.05) is 45.8 Å². The molecule has 76 valence electrons. The monoisotopic (exact) mass is 183 g/mol. The lowest BCUT2D eigenvalue weighted by Crippen LogP contribution is -2.48. The SMILES string of the molecule is NCCN1CCN(CC2CC2)CC1. The van der Waals surface area contributed by atoms with Crippen LogP contribution >= 0.6 is 0 Å². The van der Waals surface area contributed by atoms with Crippen molar-refractivity contribution >= 4 is 0 Å². The van der Waals surface area contributed by atoms with E-state index in [9.17, 15) is 0 Å². The van der Waals surface area contributed by atoms with Crippen LogP contribution in [-0.4, -0.2) is 55.6 Å². The highest BCUT2D eigenvalue weighted by Crippen LogP contribution is 2.29. The van der Waals surface area contributed by atoms with E-state index in [4.69, 9.17) is 5.73 Å². The summed E-state index contributed by atoms with van der Waals surface area (Å²) < 4.78 is 0. The van der Waals surface area contributed by atoms with Crippen molar-refractivity contribution in [3.05, 3.63) is 0 Å². The fourth-order valence-corrected chi connectivity index (χ4v) is 2.04. The van der Waals surface area contributed by atoms with Crippen LogP contribution in [0.5, 0.6) is 0 Å². The molecule has 1 saturated carbocycles. The van der Waals surface area contributed by atoms with E-state index in [-0.39, 0.29) is 0 Å². The summed E-state index contributed by atoms with van der Waals surface area (Å²) in [5.41, 5.74) is 5.53. The van der Waals surface area contributed by atoms with Crippen molar-refractivity contribution in [3.63, 3.8) is 0 Å². The van der Waals surface area contributed by atoms with Gasteiger partial charge in [0.2, 0.25) is 0 Å². The third-order valence-electron chi connectivity index (χ3n) is 3.12. The molecule has 0 spiro atoms. The van der Waals surface area contributed by atoms with Gasteiger partial charge in [-0.15, -0.1) is 0 Å². The Morgan fingerprint density at radius 3 is 2.15 bits per heavy atom. The fraction of sp³-hybridized carbons (Fsp3) is 1.00. The van der Waals surface area contributed by atoms with Crippen LogP contribution in [0, 0.1) is 5.92 Å². The van der Waals surface area contributed by atoms with Crippen LogP contribution in [0.1, 0.15) is 12.8 Å². The van der Waals surface area contributed by atoms with Gasteiger partial charge in [-0.05, 0) is 18.8 Å². The molecule has 3 nitrogen and oxygen atoms in total. The Morgan fingerprint density at radius 1 is 1.00 bits per heavy atom. The lowest BCUT2D eigenvalue weighted by Gasteiger charge is -2.34. The molecule has 1 aliphatic heterocycles. The average Bonchev–Trinajstić information content (AvgIpc) is 2.93. The fourth-order valence-electron chi connectivity index (χ4n) is 2.04. The average molecular weight is 183 g/mol. The summed E-state index contributed by atoms with van der Waals surface area (Å²) in [7, 11) is 0. The summed E-state index contributed by atoms with van der Waals surface area (Å²) in [5, 5.41) is 0. The van der Waals surface area contributed by atoms with Gasteiger partial charge >= 0.3 is 0 Å². The maximum Gasteiger partial charge on any atom is 0.0110 e. The van der Waals surface area contributed by atoms with Gasteiger partial charge in [-0.25, -0.2) is 0 Å². The molecule has 2 rings (SSSR count). The highest BCUT2D eigenvalue weighted by Gasteiger charge is 2.25. The summed E-state index contributed by atoms with van der Waals surface area (Å²) in [5.74, 6) is 1.04. The number of hydrogen-bond acceptors (Lipinski definition) is 3. The minimum Gasteiger partial charge on any atom is -0.329 e. The zero-order valence-electron chi connectivity index (χ0n) is 8.41. The number of rotatable bonds is 4. The minimum absolute atomic E-state index is 0.808. The van der Waals surface area contributed by atoms with Gasteiger partial charge in [0.25, 0.3) is 0 Å². The number of nitrogens with zero attached hydrogens (tertiary/aromatic N) is 2. The Balaban J connectivity index is 1.63. The van der Waals surface area contributed by atoms with Crippen molar-refractivity contribution < 1.29 is 0 Å². The Labute approximate surface area is 80.9 Å². The summed E-state index contributed by atoms with van der Waals surface area (Å²) in [6, 6.07) is 0. The maximum atomic E-state index is 5.53. The van der Waals surface area contributed by atoms with Crippen LogP contribution in [0.3, 0.4) is 0 Å². The molecule has 1 heterocycles. The maximum absolute atomic E-state index is 5.53.